The molecule has 0 spiro atoms. The zero-order valence-corrected chi connectivity index (χ0v) is 7.51. The SMILES string of the molecule is N#CC(=O)NCc1ccc(Cl)cc1. The standard InChI is InChI=1S/C9H7ClN2O/c10-8-3-1-7(2-4-8)6-12-9(13)5-11/h1-4H,6H2,(H,12,13). The molecule has 0 heterocycles. The van der Waals surface area contributed by atoms with Gasteiger partial charge in [-0.1, -0.05) is 23.7 Å². The van der Waals surface area contributed by atoms with Crippen LogP contribution in [0.15, 0.2) is 24.3 Å². The Labute approximate surface area is 80.9 Å². The molecule has 0 saturated heterocycles. The van der Waals surface area contributed by atoms with Gasteiger partial charge in [0.1, 0.15) is 0 Å². The van der Waals surface area contributed by atoms with Crippen LogP contribution in [0, 0.1) is 11.3 Å². The van der Waals surface area contributed by atoms with Crippen molar-refractivity contribution in [3.8, 4) is 6.07 Å². The Morgan fingerprint density at radius 1 is 1.46 bits per heavy atom. The van der Waals surface area contributed by atoms with E-state index >= 15 is 0 Å². The van der Waals surface area contributed by atoms with Gasteiger partial charge in [-0.15, -0.1) is 0 Å². The second kappa shape index (κ2) is 4.48. The highest BCUT2D eigenvalue weighted by atomic mass is 35.5. The van der Waals surface area contributed by atoms with E-state index in [0.717, 1.165) is 5.56 Å². The van der Waals surface area contributed by atoms with Crippen LogP contribution in [0.25, 0.3) is 0 Å². The number of rotatable bonds is 2. The minimum absolute atomic E-state index is 0.351. The molecule has 3 nitrogen and oxygen atoms in total. The molecular weight excluding hydrogens is 188 g/mol. The summed E-state index contributed by atoms with van der Waals surface area (Å²) in [6.45, 7) is 0.351. The minimum atomic E-state index is -0.630. The summed E-state index contributed by atoms with van der Waals surface area (Å²) in [6.07, 6.45) is 0. The predicted molar refractivity (Wildman–Crippen MR) is 48.9 cm³/mol. The van der Waals surface area contributed by atoms with Crippen LogP contribution < -0.4 is 5.32 Å². The molecule has 13 heavy (non-hydrogen) atoms. The van der Waals surface area contributed by atoms with Crippen molar-refractivity contribution in [1.82, 2.24) is 5.32 Å². The predicted octanol–water partition coefficient (Wildman–Crippen LogP) is 1.48. The molecular formula is C9H7ClN2O. The quantitative estimate of drug-likeness (QED) is 0.725. The van der Waals surface area contributed by atoms with Gasteiger partial charge in [-0.3, -0.25) is 4.79 Å². The summed E-state index contributed by atoms with van der Waals surface area (Å²) in [5.41, 5.74) is 0.910. The second-order valence-corrected chi connectivity index (χ2v) is 2.86. The molecule has 4 heteroatoms. The topological polar surface area (TPSA) is 52.9 Å². The van der Waals surface area contributed by atoms with Crippen LogP contribution >= 0.6 is 11.6 Å². The number of hydrogen-bond donors (Lipinski definition) is 1. The number of nitrogens with zero attached hydrogens (tertiary/aromatic N) is 1. The highest BCUT2D eigenvalue weighted by Crippen LogP contribution is 2.08. The number of benzene rings is 1. The lowest BCUT2D eigenvalue weighted by molar-refractivity contribution is -0.116. The monoisotopic (exact) mass is 194 g/mol. The Bertz CT molecular complexity index is 340. The fourth-order valence-corrected chi connectivity index (χ4v) is 0.950. The lowest BCUT2D eigenvalue weighted by Crippen LogP contribution is -2.20. The number of hydrogen-bond acceptors (Lipinski definition) is 2. The smallest absolute Gasteiger partial charge is 0.322 e. The van der Waals surface area contributed by atoms with Crippen LogP contribution in [-0.2, 0) is 11.3 Å². The van der Waals surface area contributed by atoms with Gasteiger partial charge in [0.25, 0.3) is 0 Å². The van der Waals surface area contributed by atoms with Crippen molar-refractivity contribution in [2.75, 3.05) is 0 Å². The van der Waals surface area contributed by atoms with Crippen LogP contribution in [0.2, 0.25) is 5.02 Å². The molecule has 1 aromatic rings. The third kappa shape index (κ3) is 3.14. The van der Waals surface area contributed by atoms with E-state index < -0.39 is 5.91 Å². The second-order valence-electron chi connectivity index (χ2n) is 2.42. The summed E-state index contributed by atoms with van der Waals surface area (Å²) in [5, 5.41) is 11.2. The van der Waals surface area contributed by atoms with E-state index in [9.17, 15) is 4.79 Å². The number of carbonyl (C=O) groups is 1. The van der Waals surface area contributed by atoms with Crippen molar-refractivity contribution >= 4 is 17.5 Å². The van der Waals surface area contributed by atoms with Gasteiger partial charge in [0, 0.05) is 11.6 Å². The van der Waals surface area contributed by atoms with Gasteiger partial charge in [0.2, 0.25) is 0 Å². The first-order valence-corrected chi connectivity index (χ1v) is 4.02. The normalized spacial score (nSPS) is 8.92. The Balaban J connectivity index is 2.52. The molecule has 1 aromatic carbocycles. The van der Waals surface area contributed by atoms with Gasteiger partial charge < -0.3 is 5.32 Å². The Morgan fingerprint density at radius 3 is 2.62 bits per heavy atom. The summed E-state index contributed by atoms with van der Waals surface area (Å²) in [4.78, 5) is 10.6. The zero-order valence-electron chi connectivity index (χ0n) is 6.75. The first kappa shape index (κ1) is 9.56. The summed E-state index contributed by atoms with van der Waals surface area (Å²) >= 11 is 5.66. The number of carbonyl (C=O) groups excluding carboxylic acids is 1. The van der Waals surface area contributed by atoms with Crippen LogP contribution in [0.3, 0.4) is 0 Å². The summed E-state index contributed by atoms with van der Waals surface area (Å²) in [7, 11) is 0. The highest BCUT2D eigenvalue weighted by molar-refractivity contribution is 6.30. The molecule has 1 N–H and O–H groups in total. The molecule has 0 unspecified atom stereocenters. The van der Waals surface area contributed by atoms with E-state index in [4.69, 9.17) is 16.9 Å². The van der Waals surface area contributed by atoms with Crippen LogP contribution in [0.4, 0.5) is 0 Å². The third-order valence-corrected chi connectivity index (χ3v) is 1.72. The fourth-order valence-electron chi connectivity index (χ4n) is 0.824. The van der Waals surface area contributed by atoms with E-state index in [1.807, 2.05) is 0 Å². The van der Waals surface area contributed by atoms with E-state index in [1.165, 1.54) is 6.07 Å². The summed E-state index contributed by atoms with van der Waals surface area (Å²) in [5.74, 6) is -0.630. The lowest BCUT2D eigenvalue weighted by atomic mass is 10.2. The summed E-state index contributed by atoms with van der Waals surface area (Å²) < 4.78 is 0. The Kier molecular flexibility index (Phi) is 3.30. The number of halogens is 1. The van der Waals surface area contributed by atoms with Crippen molar-refractivity contribution in [2.24, 2.45) is 0 Å². The largest absolute Gasteiger partial charge is 0.339 e. The molecule has 0 radical (unpaired) electrons. The average Bonchev–Trinajstić information content (AvgIpc) is 2.16. The van der Waals surface area contributed by atoms with Gasteiger partial charge in [0.15, 0.2) is 6.07 Å². The maximum Gasteiger partial charge on any atom is 0.322 e. The molecule has 0 fully saturated rings. The van der Waals surface area contributed by atoms with Gasteiger partial charge in [-0.25, -0.2) is 0 Å². The first-order chi connectivity index (χ1) is 6.22. The molecule has 1 rings (SSSR count). The third-order valence-electron chi connectivity index (χ3n) is 1.47. The molecule has 0 aliphatic heterocycles. The molecule has 0 aliphatic carbocycles. The number of amides is 1. The van der Waals surface area contributed by atoms with Crippen molar-refractivity contribution in [3.05, 3.63) is 34.9 Å². The Morgan fingerprint density at radius 2 is 2.08 bits per heavy atom. The highest BCUT2D eigenvalue weighted by Gasteiger charge is 1.97. The number of nitriles is 1. The lowest BCUT2D eigenvalue weighted by Gasteiger charge is -2.00. The van der Waals surface area contributed by atoms with Crippen LogP contribution in [-0.4, -0.2) is 5.91 Å². The Hall–Kier alpha value is -1.53. The van der Waals surface area contributed by atoms with Gasteiger partial charge in [0.05, 0.1) is 0 Å². The number of nitrogens with one attached hydrogen (secondary N) is 1. The molecule has 0 atom stereocenters. The van der Waals surface area contributed by atoms with E-state index in [0.29, 0.717) is 11.6 Å². The minimum Gasteiger partial charge on any atom is -0.339 e. The van der Waals surface area contributed by atoms with Crippen molar-refractivity contribution in [3.63, 3.8) is 0 Å². The van der Waals surface area contributed by atoms with Gasteiger partial charge in [-0.05, 0) is 17.7 Å². The molecule has 0 saturated carbocycles. The van der Waals surface area contributed by atoms with Crippen molar-refractivity contribution in [2.45, 2.75) is 6.54 Å². The van der Waals surface area contributed by atoms with E-state index in [1.54, 1.807) is 24.3 Å². The van der Waals surface area contributed by atoms with Crippen LogP contribution in [0.1, 0.15) is 5.56 Å². The molecule has 0 aromatic heterocycles. The van der Waals surface area contributed by atoms with E-state index in [2.05, 4.69) is 5.32 Å². The first-order valence-electron chi connectivity index (χ1n) is 3.65. The molecule has 0 aliphatic rings. The van der Waals surface area contributed by atoms with Gasteiger partial charge in [-0.2, -0.15) is 5.26 Å². The van der Waals surface area contributed by atoms with Crippen molar-refractivity contribution in [1.29, 1.82) is 5.26 Å². The van der Waals surface area contributed by atoms with Crippen LogP contribution in [0.5, 0.6) is 0 Å². The fraction of sp³-hybridized carbons (Fsp3) is 0.111. The van der Waals surface area contributed by atoms with Gasteiger partial charge >= 0.3 is 5.91 Å². The maximum atomic E-state index is 10.6. The molecule has 66 valence electrons. The molecule has 1 amide bonds. The average molecular weight is 195 g/mol. The summed E-state index contributed by atoms with van der Waals surface area (Å²) in [6, 6.07) is 8.52. The zero-order chi connectivity index (χ0) is 9.68. The van der Waals surface area contributed by atoms with Crippen molar-refractivity contribution < 1.29 is 4.79 Å². The maximum absolute atomic E-state index is 10.6. The molecule has 0 bridgehead atoms. The van der Waals surface area contributed by atoms with E-state index in [-0.39, 0.29) is 0 Å².